The van der Waals surface area contributed by atoms with Gasteiger partial charge in [-0.15, -0.1) is 11.3 Å². The van der Waals surface area contributed by atoms with Crippen molar-refractivity contribution in [3.05, 3.63) is 69.0 Å². The Morgan fingerprint density at radius 3 is 2.49 bits per heavy atom. The summed E-state index contributed by atoms with van der Waals surface area (Å²) in [5, 5.41) is 13.3. The number of carboxylic acids is 1. The predicted molar refractivity (Wildman–Crippen MR) is 143 cm³/mol. The molecule has 0 atom stereocenters. The number of thiazole rings is 1. The summed E-state index contributed by atoms with van der Waals surface area (Å²) in [6.07, 6.45) is 0.993. The third-order valence-electron chi connectivity index (χ3n) is 5.23. The number of aromatic nitrogens is 1. The molecular weight excluding hydrogens is 505 g/mol. The Labute approximate surface area is 219 Å². The Hall–Kier alpha value is -2.61. The number of hydrogen-bond acceptors (Lipinski definition) is 5. The number of hydrogen-bond donors (Lipinski definition) is 2. The van der Waals surface area contributed by atoms with Gasteiger partial charge in [0, 0.05) is 36.5 Å². The lowest BCUT2D eigenvalue weighted by Gasteiger charge is -2.22. The predicted octanol–water partition coefficient (Wildman–Crippen LogP) is 6.30. The van der Waals surface area contributed by atoms with Gasteiger partial charge in [0.2, 0.25) is 5.91 Å². The number of rotatable bonds is 12. The fourth-order valence-corrected chi connectivity index (χ4v) is 5.15. The minimum Gasteiger partial charge on any atom is -0.481 e. The van der Waals surface area contributed by atoms with Crippen molar-refractivity contribution < 1.29 is 14.7 Å². The molecule has 186 valence electrons. The Kier molecular flexibility index (Phi) is 9.95. The Morgan fingerprint density at radius 1 is 1.09 bits per heavy atom. The Balaban J connectivity index is 1.88. The SMILES string of the molecule is CC(C)Cc1sc(N(CCC(=O)NCCC(=O)O)Cc2ccccc2)nc1-c1ccc(Cl)c(Cl)c1. The average molecular weight is 535 g/mol. The molecule has 2 aromatic carbocycles. The van der Waals surface area contributed by atoms with Gasteiger partial charge in [-0.05, 0) is 30.0 Å². The first-order chi connectivity index (χ1) is 16.7. The molecule has 1 amide bonds. The van der Waals surface area contributed by atoms with E-state index in [1.54, 1.807) is 17.4 Å². The fraction of sp³-hybridized carbons (Fsp3) is 0.346. The third kappa shape index (κ3) is 8.23. The number of aliphatic carboxylic acids is 1. The number of carbonyl (C=O) groups is 2. The maximum atomic E-state index is 12.3. The molecule has 2 N–H and O–H groups in total. The minimum absolute atomic E-state index is 0.0997. The molecule has 0 aliphatic rings. The van der Waals surface area contributed by atoms with Crippen molar-refractivity contribution in [1.82, 2.24) is 10.3 Å². The van der Waals surface area contributed by atoms with Crippen LogP contribution in [-0.4, -0.2) is 35.1 Å². The molecule has 0 saturated heterocycles. The normalized spacial score (nSPS) is 11.0. The molecule has 1 aromatic heterocycles. The number of benzene rings is 2. The lowest BCUT2D eigenvalue weighted by atomic mass is 10.0. The number of nitrogens with zero attached hydrogens (tertiary/aromatic N) is 2. The van der Waals surface area contributed by atoms with E-state index in [-0.39, 0.29) is 25.3 Å². The molecule has 0 saturated carbocycles. The highest BCUT2D eigenvalue weighted by atomic mass is 35.5. The van der Waals surface area contributed by atoms with Crippen molar-refractivity contribution in [3.8, 4) is 11.3 Å². The molecule has 0 aliphatic heterocycles. The van der Waals surface area contributed by atoms with Crippen molar-refractivity contribution in [2.75, 3.05) is 18.0 Å². The monoisotopic (exact) mass is 533 g/mol. The Morgan fingerprint density at radius 2 is 1.83 bits per heavy atom. The van der Waals surface area contributed by atoms with Crippen LogP contribution in [0, 0.1) is 5.92 Å². The zero-order valence-electron chi connectivity index (χ0n) is 19.8. The lowest BCUT2D eigenvalue weighted by molar-refractivity contribution is -0.136. The van der Waals surface area contributed by atoms with Crippen LogP contribution >= 0.6 is 34.5 Å². The molecule has 3 aromatic rings. The number of anilines is 1. The van der Waals surface area contributed by atoms with Gasteiger partial charge < -0.3 is 15.3 Å². The third-order valence-corrected chi connectivity index (χ3v) is 7.11. The van der Waals surface area contributed by atoms with Crippen LogP contribution in [0.25, 0.3) is 11.3 Å². The zero-order valence-corrected chi connectivity index (χ0v) is 22.1. The van der Waals surface area contributed by atoms with Gasteiger partial charge >= 0.3 is 5.97 Å². The first-order valence-corrected chi connectivity index (χ1v) is 13.0. The van der Waals surface area contributed by atoms with Gasteiger partial charge in [-0.2, -0.15) is 0 Å². The van der Waals surface area contributed by atoms with Crippen LogP contribution in [0.1, 0.15) is 37.1 Å². The first-order valence-electron chi connectivity index (χ1n) is 11.5. The highest BCUT2D eigenvalue weighted by Crippen LogP contribution is 2.37. The molecular formula is C26H29Cl2N3O3S. The molecule has 0 bridgehead atoms. The summed E-state index contributed by atoms with van der Waals surface area (Å²) in [6, 6.07) is 15.6. The van der Waals surface area contributed by atoms with Crippen LogP contribution in [-0.2, 0) is 22.6 Å². The molecule has 6 nitrogen and oxygen atoms in total. The van der Waals surface area contributed by atoms with E-state index in [2.05, 4.69) is 24.1 Å². The quantitative estimate of drug-likeness (QED) is 0.285. The number of carboxylic acid groups (broad SMARTS) is 1. The average Bonchev–Trinajstić information content (AvgIpc) is 3.21. The molecule has 35 heavy (non-hydrogen) atoms. The first kappa shape index (κ1) is 27.0. The summed E-state index contributed by atoms with van der Waals surface area (Å²) in [6.45, 7) is 5.49. The number of amides is 1. The van der Waals surface area contributed by atoms with E-state index in [4.69, 9.17) is 33.3 Å². The van der Waals surface area contributed by atoms with Crippen molar-refractivity contribution in [2.24, 2.45) is 5.92 Å². The van der Waals surface area contributed by atoms with Crippen molar-refractivity contribution >= 4 is 51.5 Å². The van der Waals surface area contributed by atoms with Gasteiger partial charge in [0.15, 0.2) is 5.13 Å². The second kappa shape index (κ2) is 12.9. The van der Waals surface area contributed by atoms with E-state index < -0.39 is 5.97 Å². The van der Waals surface area contributed by atoms with Gasteiger partial charge in [0.05, 0.1) is 22.2 Å². The van der Waals surface area contributed by atoms with Gasteiger partial charge in [0.25, 0.3) is 0 Å². The summed E-state index contributed by atoms with van der Waals surface area (Å²) >= 11 is 14.1. The lowest BCUT2D eigenvalue weighted by Crippen LogP contribution is -2.31. The van der Waals surface area contributed by atoms with Crippen LogP contribution in [0.15, 0.2) is 48.5 Å². The molecule has 9 heteroatoms. The van der Waals surface area contributed by atoms with E-state index in [0.29, 0.717) is 29.1 Å². The van der Waals surface area contributed by atoms with E-state index in [9.17, 15) is 9.59 Å². The Bertz CT molecular complexity index is 1150. The number of carbonyl (C=O) groups excluding carboxylic acids is 1. The van der Waals surface area contributed by atoms with E-state index >= 15 is 0 Å². The van der Waals surface area contributed by atoms with Crippen molar-refractivity contribution in [1.29, 1.82) is 0 Å². The van der Waals surface area contributed by atoms with Crippen LogP contribution in [0.4, 0.5) is 5.13 Å². The zero-order chi connectivity index (χ0) is 25.4. The summed E-state index contributed by atoms with van der Waals surface area (Å²) in [5.41, 5.74) is 2.89. The molecule has 0 spiro atoms. The molecule has 0 aliphatic carbocycles. The standard InChI is InChI=1S/C26H29Cl2N3O3S/c1-17(2)14-22-25(19-8-9-20(27)21(28)15-19)30-26(35-22)31(16-18-6-4-3-5-7-18)13-11-23(32)29-12-10-24(33)34/h3-9,15,17H,10-14,16H2,1-2H3,(H,29,32)(H,33,34). The summed E-state index contributed by atoms with van der Waals surface area (Å²) in [4.78, 5) is 31.3. The second-order valence-corrected chi connectivity index (χ2v) is 10.5. The maximum Gasteiger partial charge on any atom is 0.305 e. The molecule has 3 rings (SSSR count). The van der Waals surface area contributed by atoms with Gasteiger partial charge in [-0.3, -0.25) is 9.59 Å². The van der Waals surface area contributed by atoms with E-state index in [1.807, 2.05) is 42.5 Å². The topological polar surface area (TPSA) is 82.5 Å². The van der Waals surface area contributed by atoms with Gasteiger partial charge in [-0.1, -0.05) is 73.4 Å². The largest absolute Gasteiger partial charge is 0.481 e. The summed E-state index contributed by atoms with van der Waals surface area (Å²) < 4.78 is 0. The van der Waals surface area contributed by atoms with Gasteiger partial charge in [0.1, 0.15) is 0 Å². The van der Waals surface area contributed by atoms with Gasteiger partial charge in [-0.25, -0.2) is 4.98 Å². The molecule has 0 fully saturated rings. The van der Waals surface area contributed by atoms with E-state index in [1.165, 1.54) is 0 Å². The smallest absolute Gasteiger partial charge is 0.305 e. The van der Waals surface area contributed by atoms with Crippen LogP contribution in [0.2, 0.25) is 10.0 Å². The molecule has 0 radical (unpaired) electrons. The highest BCUT2D eigenvalue weighted by molar-refractivity contribution is 7.16. The minimum atomic E-state index is -0.939. The van der Waals surface area contributed by atoms with Crippen LogP contribution < -0.4 is 10.2 Å². The molecule has 1 heterocycles. The number of nitrogens with one attached hydrogen (secondary N) is 1. The van der Waals surface area contributed by atoms with E-state index in [0.717, 1.165) is 33.3 Å². The van der Waals surface area contributed by atoms with Crippen LogP contribution in [0.3, 0.4) is 0 Å². The summed E-state index contributed by atoms with van der Waals surface area (Å²) in [5.74, 6) is -0.688. The second-order valence-electron chi connectivity index (χ2n) is 8.65. The fourth-order valence-electron chi connectivity index (χ4n) is 3.53. The maximum absolute atomic E-state index is 12.3. The van der Waals surface area contributed by atoms with Crippen molar-refractivity contribution in [2.45, 2.75) is 39.7 Å². The highest BCUT2D eigenvalue weighted by Gasteiger charge is 2.20. The van der Waals surface area contributed by atoms with Crippen molar-refractivity contribution in [3.63, 3.8) is 0 Å². The number of halogens is 2. The van der Waals surface area contributed by atoms with Crippen LogP contribution in [0.5, 0.6) is 0 Å². The summed E-state index contributed by atoms with van der Waals surface area (Å²) in [7, 11) is 0. The molecule has 0 unspecified atom stereocenters.